The lowest BCUT2D eigenvalue weighted by molar-refractivity contribution is 1.12. The summed E-state index contributed by atoms with van der Waals surface area (Å²) in [4.78, 5) is 4.11. The van der Waals surface area contributed by atoms with E-state index in [9.17, 15) is 0 Å². The van der Waals surface area contributed by atoms with Crippen LogP contribution in [0.1, 0.15) is 11.3 Å². The van der Waals surface area contributed by atoms with Crippen molar-refractivity contribution in [3.05, 3.63) is 52.8 Å². The number of pyridine rings is 1. The Morgan fingerprint density at radius 1 is 1.33 bits per heavy atom. The van der Waals surface area contributed by atoms with Crippen LogP contribution < -0.4 is 0 Å². The minimum atomic E-state index is 0.420. The van der Waals surface area contributed by atoms with Crippen LogP contribution in [0.2, 0.25) is 5.02 Å². The SMILES string of the molecule is N#Cc1cc(-c2cccc(Cl)c2)c(CCBr)cn1. The number of halogens is 2. The topological polar surface area (TPSA) is 36.7 Å². The molecule has 0 saturated heterocycles. The minimum absolute atomic E-state index is 0.420. The Morgan fingerprint density at radius 2 is 2.17 bits per heavy atom. The maximum atomic E-state index is 8.94. The van der Waals surface area contributed by atoms with Gasteiger partial charge in [0, 0.05) is 16.5 Å². The van der Waals surface area contributed by atoms with Gasteiger partial charge in [0.05, 0.1) is 0 Å². The van der Waals surface area contributed by atoms with Gasteiger partial charge >= 0.3 is 0 Å². The van der Waals surface area contributed by atoms with E-state index in [1.807, 2.05) is 30.3 Å². The van der Waals surface area contributed by atoms with Gasteiger partial charge in [0.25, 0.3) is 0 Å². The third-order valence-corrected chi connectivity index (χ3v) is 3.23. The maximum Gasteiger partial charge on any atom is 0.141 e. The molecule has 2 aromatic rings. The lowest BCUT2D eigenvalue weighted by Crippen LogP contribution is -1.95. The van der Waals surface area contributed by atoms with Gasteiger partial charge in [-0.1, -0.05) is 39.7 Å². The molecule has 0 bridgehead atoms. The zero-order valence-electron chi connectivity index (χ0n) is 9.53. The fourth-order valence-electron chi connectivity index (χ4n) is 1.77. The Labute approximate surface area is 119 Å². The molecule has 0 fully saturated rings. The summed E-state index contributed by atoms with van der Waals surface area (Å²) < 4.78 is 0. The van der Waals surface area contributed by atoms with Crippen molar-refractivity contribution in [1.29, 1.82) is 5.26 Å². The van der Waals surface area contributed by atoms with Gasteiger partial charge in [-0.3, -0.25) is 0 Å². The third-order valence-electron chi connectivity index (χ3n) is 2.60. The highest BCUT2D eigenvalue weighted by Crippen LogP contribution is 2.27. The Bertz CT molecular complexity index is 605. The van der Waals surface area contributed by atoms with E-state index in [4.69, 9.17) is 16.9 Å². The molecule has 0 aliphatic rings. The summed E-state index contributed by atoms with van der Waals surface area (Å²) in [7, 11) is 0. The van der Waals surface area contributed by atoms with Crippen LogP contribution in [0.15, 0.2) is 36.5 Å². The van der Waals surface area contributed by atoms with E-state index in [0.717, 1.165) is 28.4 Å². The molecule has 0 N–H and O–H groups in total. The van der Waals surface area contributed by atoms with Crippen LogP contribution >= 0.6 is 27.5 Å². The second kappa shape index (κ2) is 5.99. The van der Waals surface area contributed by atoms with Gasteiger partial charge in [-0.2, -0.15) is 5.26 Å². The number of alkyl halides is 1. The van der Waals surface area contributed by atoms with Gasteiger partial charge in [0.15, 0.2) is 0 Å². The number of aryl methyl sites for hydroxylation is 1. The molecule has 1 heterocycles. The highest BCUT2D eigenvalue weighted by atomic mass is 79.9. The number of benzene rings is 1. The largest absolute Gasteiger partial charge is 0.245 e. The van der Waals surface area contributed by atoms with Crippen LogP contribution in [0.5, 0.6) is 0 Å². The number of rotatable bonds is 3. The summed E-state index contributed by atoms with van der Waals surface area (Å²) in [5.41, 5.74) is 3.55. The van der Waals surface area contributed by atoms with Crippen LogP contribution in [0.3, 0.4) is 0 Å². The van der Waals surface area contributed by atoms with Crippen LogP contribution in [0, 0.1) is 11.3 Å². The zero-order valence-corrected chi connectivity index (χ0v) is 11.9. The first-order valence-electron chi connectivity index (χ1n) is 5.45. The van der Waals surface area contributed by atoms with Crippen molar-refractivity contribution >= 4 is 27.5 Å². The van der Waals surface area contributed by atoms with Crippen molar-refractivity contribution in [3.8, 4) is 17.2 Å². The molecule has 2 rings (SSSR count). The molecule has 2 nitrogen and oxygen atoms in total. The molecular weight excluding hydrogens is 312 g/mol. The Morgan fingerprint density at radius 3 is 2.83 bits per heavy atom. The first-order chi connectivity index (χ1) is 8.74. The molecule has 0 amide bonds. The number of hydrogen-bond acceptors (Lipinski definition) is 2. The van der Waals surface area contributed by atoms with E-state index >= 15 is 0 Å². The maximum absolute atomic E-state index is 8.94. The minimum Gasteiger partial charge on any atom is -0.245 e. The summed E-state index contributed by atoms with van der Waals surface area (Å²) in [6.07, 6.45) is 2.62. The fraction of sp³-hybridized carbons (Fsp3) is 0.143. The number of nitriles is 1. The third kappa shape index (κ3) is 2.90. The van der Waals surface area contributed by atoms with Crippen molar-refractivity contribution in [3.63, 3.8) is 0 Å². The molecular formula is C14H10BrClN2. The van der Waals surface area contributed by atoms with Gasteiger partial charge in [0.1, 0.15) is 11.8 Å². The van der Waals surface area contributed by atoms with Gasteiger partial charge in [-0.05, 0) is 41.3 Å². The molecule has 0 unspecified atom stereocenters. The van der Waals surface area contributed by atoms with Gasteiger partial charge in [0.2, 0.25) is 0 Å². The highest BCUT2D eigenvalue weighted by Gasteiger charge is 2.07. The summed E-state index contributed by atoms with van der Waals surface area (Å²) in [6, 6.07) is 11.5. The van der Waals surface area contributed by atoms with Crippen molar-refractivity contribution < 1.29 is 0 Å². The molecule has 90 valence electrons. The lowest BCUT2D eigenvalue weighted by Gasteiger charge is -2.09. The monoisotopic (exact) mass is 320 g/mol. The van der Waals surface area contributed by atoms with Crippen LogP contribution in [-0.2, 0) is 6.42 Å². The van der Waals surface area contributed by atoms with E-state index in [0.29, 0.717) is 10.7 Å². The van der Waals surface area contributed by atoms with Gasteiger partial charge in [-0.15, -0.1) is 0 Å². The predicted octanol–water partition coefficient (Wildman–Crippen LogP) is 4.21. The number of aromatic nitrogens is 1. The molecule has 0 saturated carbocycles. The molecule has 0 aliphatic heterocycles. The van der Waals surface area contributed by atoms with E-state index in [-0.39, 0.29) is 0 Å². The first-order valence-corrected chi connectivity index (χ1v) is 6.95. The lowest BCUT2D eigenvalue weighted by atomic mass is 9.99. The van der Waals surface area contributed by atoms with Gasteiger partial charge in [-0.25, -0.2) is 4.98 Å². The van der Waals surface area contributed by atoms with E-state index in [1.54, 1.807) is 6.20 Å². The number of hydrogen-bond donors (Lipinski definition) is 0. The van der Waals surface area contributed by atoms with Crippen LogP contribution in [0.25, 0.3) is 11.1 Å². The second-order valence-electron chi connectivity index (χ2n) is 3.79. The molecule has 18 heavy (non-hydrogen) atoms. The molecule has 1 aromatic carbocycles. The van der Waals surface area contributed by atoms with Gasteiger partial charge < -0.3 is 0 Å². The molecule has 0 radical (unpaired) electrons. The Kier molecular flexibility index (Phi) is 4.35. The summed E-state index contributed by atoms with van der Waals surface area (Å²) in [5.74, 6) is 0. The Balaban J connectivity index is 2.56. The molecule has 1 aromatic heterocycles. The zero-order chi connectivity index (χ0) is 13.0. The molecule has 0 aliphatic carbocycles. The average molecular weight is 322 g/mol. The number of nitrogens with zero attached hydrogens (tertiary/aromatic N) is 2. The van der Waals surface area contributed by atoms with Crippen molar-refractivity contribution in [2.75, 3.05) is 5.33 Å². The van der Waals surface area contributed by atoms with Crippen molar-refractivity contribution in [2.24, 2.45) is 0 Å². The molecule has 0 atom stereocenters. The molecule has 0 spiro atoms. The smallest absolute Gasteiger partial charge is 0.141 e. The summed E-state index contributed by atoms with van der Waals surface area (Å²) in [6.45, 7) is 0. The Hall–Kier alpha value is -1.37. The predicted molar refractivity (Wildman–Crippen MR) is 76.9 cm³/mol. The second-order valence-corrected chi connectivity index (χ2v) is 5.02. The summed E-state index contributed by atoms with van der Waals surface area (Å²) in [5, 5.41) is 10.5. The van der Waals surface area contributed by atoms with E-state index in [1.165, 1.54) is 0 Å². The molecule has 4 heteroatoms. The van der Waals surface area contributed by atoms with Crippen molar-refractivity contribution in [1.82, 2.24) is 4.98 Å². The average Bonchev–Trinajstić information content (AvgIpc) is 2.39. The van der Waals surface area contributed by atoms with Crippen LogP contribution in [-0.4, -0.2) is 10.3 Å². The summed E-state index contributed by atoms with van der Waals surface area (Å²) >= 11 is 9.43. The normalized spacial score (nSPS) is 10.1. The van der Waals surface area contributed by atoms with Crippen LogP contribution in [0.4, 0.5) is 0 Å². The highest BCUT2D eigenvalue weighted by molar-refractivity contribution is 9.09. The standard InChI is InChI=1S/C14H10BrClN2/c15-5-4-11-9-18-13(8-17)7-14(11)10-2-1-3-12(16)6-10/h1-3,6-7,9H,4-5H2. The van der Waals surface area contributed by atoms with E-state index in [2.05, 4.69) is 27.0 Å². The fourth-order valence-corrected chi connectivity index (χ4v) is 2.39. The van der Waals surface area contributed by atoms with Crippen molar-refractivity contribution in [2.45, 2.75) is 6.42 Å². The quantitative estimate of drug-likeness (QED) is 0.794. The van der Waals surface area contributed by atoms with E-state index < -0.39 is 0 Å². The first kappa shape index (κ1) is 13.1.